The largest absolute Gasteiger partial charge is 0.382 e. The summed E-state index contributed by atoms with van der Waals surface area (Å²) >= 11 is 8.94. The molecular weight excluding hydrogens is 310 g/mol. The first-order chi connectivity index (χ1) is 8.02. The van der Waals surface area contributed by atoms with E-state index in [1.54, 1.807) is 19.3 Å². The lowest BCUT2D eigenvalue weighted by Crippen LogP contribution is -2.09. The molecule has 0 saturated heterocycles. The topological polar surface area (TPSA) is 38.0 Å². The van der Waals surface area contributed by atoms with E-state index in [0.717, 1.165) is 0 Å². The van der Waals surface area contributed by atoms with Gasteiger partial charge in [-0.3, -0.25) is 4.68 Å². The number of nitrogens with zero attached hydrogens (tertiary/aromatic N) is 2. The molecule has 2 rings (SSSR count). The number of halogens is 3. The van der Waals surface area contributed by atoms with Gasteiger partial charge >= 0.3 is 0 Å². The molecule has 1 aromatic carbocycles. The van der Waals surface area contributed by atoms with Gasteiger partial charge in [0.15, 0.2) is 0 Å². The van der Waals surface area contributed by atoms with Crippen LogP contribution in [0, 0.1) is 5.82 Å². The predicted octanol–water partition coefficient (Wildman–Crippen LogP) is 3.06. The van der Waals surface area contributed by atoms with E-state index in [4.69, 9.17) is 11.6 Å². The Morgan fingerprint density at radius 1 is 1.53 bits per heavy atom. The minimum atomic E-state index is -1.12. The van der Waals surface area contributed by atoms with E-state index in [9.17, 15) is 9.50 Å². The number of aryl methyl sites for hydroxylation is 1. The van der Waals surface area contributed by atoms with Crippen molar-refractivity contribution in [1.82, 2.24) is 9.78 Å². The van der Waals surface area contributed by atoms with Gasteiger partial charge in [-0.25, -0.2) is 4.39 Å². The molecule has 1 N–H and O–H groups in total. The van der Waals surface area contributed by atoms with Crippen molar-refractivity contribution >= 4 is 27.5 Å². The lowest BCUT2D eigenvalue weighted by molar-refractivity contribution is 0.204. The number of aromatic nitrogens is 2. The zero-order valence-corrected chi connectivity index (χ0v) is 11.2. The molecule has 0 bridgehead atoms. The molecule has 1 aromatic heterocycles. The van der Waals surface area contributed by atoms with Crippen LogP contribution in [0.5, 0.6) is 0 Å². The van der Waals surface area contributed by atoms with Crippen molar-refractivity contribution in [2.24, 2.45) is 7.05 Å². The number of benzene rings is 1. The molecule has 1 atom stereocenters. The Labute approximate surface area is 111 Å². The number of aliphatic hydroxyl groups excluding tert-OH is 1. The van der Waals surface area contributed by atoms with Gasteiger partial charge in [0.2, 0.25) is 0 Å². The van der Waals surface area contributed by atoms with Gasteiger partial charge in [0.05, 0.1) is 21.4 Å². The van der Waals surface area contributed by atoms with Gasteiger partial charge in [0.25, 0.3) is 0 Å². The van der Waals surface area contributed by atoms with Crippen LogP contribution in [-0.2, 0) is 7.05 Å². The lowest BCUT2D eigenvalue weighted by Gasteiger charge is -2.13. The zero-order valence-electron chi connectivity index (χ0n) is 8.86. The second-order valence-corrected chi connectivity index (χ2v) is 4.81. The molecule has 90 valence electrons. The number of aliphatic hydroxyl groups is 1. The summed E-state index contributed by atoms with van der Waals surface area (Å²) in [7, 11) is 1.67. The highest BCUT2D eigenvalue weighted by molar-refractivity contribution is 9.10. The van der Waals surface area contributed by atoms with Gasteiger partial charge in [0, 0.05) is 12.6 Å². The number of rotatable bonds is 2. The highest BCUT2D eigenvalue weighted by Gasteiger charge is 2.22. The molecule has 0 radical (unpaired) electrons. The van der Waals surface area contributed by atoms with Crippen LogP contribution >= 0.6 is 27.5 Å². The lowest BCUT2D eigenvalue weighted by atomic mass is 10.1. The molecular formula is C11H9BrClFN2O. The van der Waals surface area contributed by atoms with Crippen LogP contribution in [0.2, 0.25) is 5.02 Å². The maximum atomic E-state index is 13.8. The Bertz CT molecular complexity index is 539. The van der Waals surface area contributed by atoms with E-state index in [1.165, 1.54) is 16.8 Å². The third-order valence-electron chi connectivity index (χ3n) is 2.47. The summed E-state index contributed by atoms with van der Waals surface area (Å²) in [4.78, 5) is 0. The Kier molecular flexibility index (Phi) is 3.51. The average molecular weight is 320 g/mol. The predicted molar refractivity (Wildman–Crippen MR) is 66.4 cm³/mol. The summed E-state index contributed by atoms with van der Waals surface area (Å²) in [6.45, 7) is 0. The van der Waals surface area contributed by atoms with Crippen LogP contribution in [0.15, 0.2) is 28.9 Å². The van der Waals surface area contributed by atoms with Crippen molar-refractivity contribution in [2.45, 2.75) is 6.10 Å². The molecule has 0 amide bonds. The van der Waals surface area contributed by atoms with Crippen molar-refractivity contribution in [3.8, 4) is 0 Å². The summed E-state index contributed by atoms with van der Waals surface area (Å²) < 4.78 is 15.9. The second-order valence-electron chi connectivity index (χ2n) is 3.55. The van der Waals surface area contributed by atoms with E-state index >= 15 is 0 Å². The standard InChI is InChI=1S/C11H9BrClFN2O/c1-16-10(7(12)5-15-16)11(17)6-3-2-4-8(13)9(6)14/h2-5,11,17H,1H3. The molecule has 3 nitrogen and oxygen atoms in total. The summed E-state index contributed by atoms with van der Waals surface area (Å²) in [5.74, 6) is -0.616. The van der Waals surface area contributed by atoms with E-state index in [0.29, 0.717) is 10.2 Å². The normalized spacial score (nSPS) is 12.8. The molecule has 2 aromatic rings. The minimum absolute atomic E-state index is 0.0140. The number of hydrogen-bond acceptors (Lipinski definition) is 2. The summed E-state index contributed by atoms with van der Waals surface area (Å²) in [5, 5.41) is 14.1. The van der Waals surface area contributed by atoms with Crippen molar-refractivity contribution in [1.29, 1.82) is 0 Å². The Morgan fingerprint density at radius 3 is 2.82 bits per heavy atom. The second kappa shape index (κ2) is 4.76. The van der Waals surface area contributed by atoms with E-state index in [2.05, 4.69) is 21.0 Å². The van der Waals surface area contributed by atoms with Crippen molar-refractivity contribution < 1.29 is 9.50 Å². The molecule has 17 heavy (non-hydrogen) atoms. The molecule has 0 aliphatic heterocycles. The zero-order chi connectivity index (χ0) is 12.6. The fourth-order valence-electron chi connectivity index (χ4n) is 1.61. The van der Waals surface area contributed by atoms with Gasteiger partial charge in [-0.1, -0.05) is 23.7 Å². The summed E-state index contributed by atoms with van der Waals surface area (Å²) in [6.07, 6.45) is 0.427. The quantitative estimate of drug-likeness (QED) is 0.924. The smallest absolute Gasteiger partial charge is 0.147 e. The molecule has 0 aliphatic rings. The molecule has 0 fully saturated rings. The molecule has 0 spiro atoms. The van der Waals surface area contributed by atoms with Crippen molar-refractivity contribution in [3.05, 3.63) is 51.0 Å². The Morgan fingerprint density at radius 2 is 2.24 bits per heavy atom. The Balaban J connectivity index is 2.51. The highest BCUT2D eigenvalue weighted by Crippen LogP contribution is 2.31. The van der Waals surface area contributed by atoms with E-state index in [1.807, 2.05) is 0 Å². The molecule has 1 heterocycles. The number of hydrogen-bond donors (Lipinski definition) is 1. The maximum absolute atomic E-state index is 13.8. The van der Waals surface area contributed by atoms with Crippen LogP contribution in [0.3, 0.4) is 0 Å². The fraction of sp³-hybridized carbons (Fsp3) is 0.182. The van der Waals surface area contributed by atoms with Crippen LogP contribution < -0.4 is 0 Å². The molecule has 1 unspecified atom stereocenters. The van der Waals surface area contributed by atoms with Crippen molar-refractivity contribution in [3.63, 3.8) is 0 Å². The van der Waals surface area contributed by atoms with E-state index in [-0.39, 0.29) is 10.6 Å². The van der Waals surface area contributed by atoms with Gasteiger partial charge in [-0.05, 0) is 22.0 Å². The Hall–Kier alpha value is -0.910. The summed E-state index contributed by atoms with van der Waals surface area (Å²) in [5.41, 5.74) is 0.605. The third kappa shape index (κ3) is 2.22. The van der Waals surface area contributed by atoms with Crippen LogP contribution in [-0.4, -0.2) is 14.9 Å². The van der Waals surface area contributed by atoms with E-state index < -0.39 is 11.9 Å². The maximum Gasteiger partial charge on any atom is 0.147 e. The molecule has 0 aliphatic carbocycles. The molecule has 0 saturated carbocycles. The van der Waals surface area contributed by atoms with Crippen LogP contribution in [0.4, 0.5) is 4.39 Å². The van der Waals surface area contributed by atoms with Gasteiger partial charge in [0.1, 0.15) is 11.9 Å². The fourth-order valence-corrected chi connectivity index (χ4v) is 2.35. The highest BCUT2D eigenvalue weighted by atomic mass is 79.9. The average Bonchev–Trinajstić information content (AvgIpc) is 2.62. The van der Waals surface area contributed by atoms with Gasteiger partial charge in [-0.15, -0.1) is 0 Å². The SMILES string of the molecule is Cn1ncc(Br)c1C(O)c1cccc(Cl)c1F. The summed E-state index contributed by atoms with van der Waals surface area (Å²) in [6, 6.07) is 4.52. The van der Waals surface area contributed by atoms with Gasteiger partial charge < -0.3 is 5.11 Å². The third-order valence-corrected chi connectivity index (χ3v) is 3.38. The first-order valence-corrected chi connectivity index (χ1v) is 5.99. The van der Waals surface area contributed by atoms with Crippen LogP contribution in [0.1, 0.15) is 17.4 Å². The van der Waals surface area contributed by atoms with Gasteiger partial charge in [-0.2, -0.15) is 5.10 Å². The molecule has 6 heteroatoms. The first kappa shape index (κ1) is 12.5. The minimum Gasteiger partial charge on any atom is -0.382 e. The monoisotopic (exact) mass is 318 g/mol. The first-order valence-electron chi connectivity index (χ1n) is 4.81. The van der Waals surface area contributed by atoms with Crippen LogP contribution in [0.25, 0.3) is 0 Å². The van der Waals surface area contributed by atoms with Crippen molar-refractivity contribution in [2.75, 3.05) is 0 Å².